The maximum Gasteiger partial charge on any atom is 0.248 e. The first-order valence-corrected chi connectivity index (χ1v) is 4.22. The minimum Gasteiger partial charge on any atom is -0.316 e. The zero-order valence-electron chi connectivity index (χ0n) is 6.87. The fraction of sp³-hybridized carbons (Fsp3) is 1.00. The highest BCUT2D eigenvalue weighted by atomic mass is 19.3. The predicted octanol–water partition coefficient (Wildman–Crippen LogP) is 2.03. The normalized spacial score (nSPS) is 19.9. The molecule has 66 valence electrons. The maximum atomic E-state index is 12.9. The Bertz CT molecular complexity index is 121. The second-order valence-electron chi connectivity index (χ2n) is 3.33. The van der Waals surface area contributed by atoms with E-state index in [-0.39, 0.29) is 18.8 Å². The Kier molecular flexibility index (Phi) is 2.82. The highest BCUT2D eigenvalue weighted by Crippen LogP contribution is 2.29. The summed E-state index contributed by atoms with van der Waals surface area (Å²) in [5.41, 5.74) is 0. The monoisotopic (exact) mass is 163 g/mol. The van der Waals surface area contributed by atoms with Crippen LogP contribution >= 0.6 is 0 Å². The van der Waals surface area contributed by atoms with Gasteiger partial charge in [0.15, 0.2) is 0 Å². The average molecular weight is 163 g/mol. The van der Waals surface area contributed by atoms with Crippen LogP contribution in [0.15, 0.2) is 0 Å². The van der Waals surface area contributed by atoms with Crippen molar-refractivity contribution in [3.8, 4) is 0 Å². The lowest BCUT2D eigenvalue weighted by molar-refractivity contribution is -0.0375. The van der Waals surface area contributed by atoms with E-state index in [2.05, 4.69) is 5.32 Å². The minimum atomic E-state index is -2.42. The molecule has 1 rings (SSSR count). The third-order valence-electron chi connectivity index (χ3n) is 2.07. The second-order valence-corrected chi connectivity index (χ2v) is 3.33. The molecule has 1 aliphatic heterocycles. The summed E-state index contributed by atoms with van der Waals surface area (Å²) in [7, 11) is 0. The molecule has 0 aromatic carbocycles. The van der Waals surface area contributed by atoms with Crippen LogP contribution in [0.2, 0.25) is 0 Å². The first-order chi connectivity index (χ1) is 5.14. The smallest absolute Gasteiger partial charge is 0.248 e. The summed E-state index contributed by atoms with van der Waals surface area (Å²) in [6.45, 7) is 3.35. The molecule has 0 saturated carbocycles. The third-order valence-corrected chi connectivity index (χ3v) is 2.07. The molecule has 11 heavy (non-hydrogen) atoms. The van der Waals surface area contributed by atoms with Crippen molar-refractivity contribution in [1.29, 1.82) is 0 Å². The van der Waals surface area contributed by atoms with Gasteiger partial charge in [0.2, 0.25) is 5.92 Å². The molecule has 0 radical (unpaired) electrons. The summed E-state index contributed by atoms with van der Waals surface area (Å²) in [5, 5.41) is 2.99. The first-order valence-electron chi connectivity index (χ1n) is 4.22. The summed E-state index contributed by atoms with van der Waals surface area (Å²) in [6.07, 6.45) is 0.699. The molecule has 0 aromatic heterocycles. The molecule has 0 unspecified atom stereocenters. The first kappa shape index (κ1) is 8.91. The number of alkyl halides is 2. The largest absolute Gasteiger partial charge is 0.316 e. The molecule has 0 bridgehead atoms. The fourth-order valence-electron chi connectivity index (χ4n) is 1.38. The van der Waals surface area contributed by atoms with Crippen LogP contribution in [0.3, 0.4) is 0 Å². The number of rotatable bonds is 4. The molecule has 1 nitrogen and oxygen atoms in total. The van der Waals surface area contributed by atoms with Crippen LogP contribution in [0.1, 0.15) is 26.2 Å². The zero-order chi connectivity index (χ0) is 8.32. The summed E-state index contributed by atoms with van der Waals surface area (Å²) >= 11 is 0. The quantitative estimate of drug-likeness (QED) is 0.668. The van der Waals surface area contributed by atoms with Crippen LogP contribution in [0.5, 0.6) is 0 Å². The molecule has 0 atom stereocenters. The summed E-state index contributed by atoms with van der Waals surface area (Å²) in [5.74, 6) is -2.20. The van der Waals surface area contributed by atoms with Crippen LogP contribution < -0.4 is 5.32 Å². The van der Waals surface area contributed by atoms with E-state index in [1.807, 2.05) is 0 Å². The summed E-state index contributed by atoms with van der Waals surface area (Å²) in [4.78, 5) is 0. The van der Waals surface area contributed by atoms with Crippen molar-refractivity contribution in [3.05, 3.63) is 0 Å². The van der Waals surface area contributed by atoms with Gasteiger partial charge in [0, 0.05) is 12.8 Å². The standard InChI is InChI=1S/C8H15F2N/c1-2-3-8(9,10)4-7-5-11-6-7/h7,11H,2-6H2,1H3. The number of nitrogens with one attached hydrogen (secondary N) is 1. The van der Waals surface area contributed by atoms with Gasteiger partial charge >= 0.3 is 0 Å². The van der Waals surface area contributed by atoms with Gasteiger partial charge in [0.25, 0.3) is 0 Å². The zero-order valence-corrected chi connectivity index (χ0v) is 6.87. The molecular formula is C8H15F2N. The van der Waals surface area contributed by atoms with Gasteiger partial charge in [-0.15, -0.1) is 0 Å². The van der Waals surface area contributed by atoms with Gasteiger partial charge in [-0.25, -0.2) is 8.78 Å². The van der Waals surface area contributed by atoms with Gasteiger partial charge in [-0.2, -0.15) is 0 Å². The molecule has 0 aliphatic carbocycles. The summed E-state index contributed by atoms with van der Waals surface area (Å²) in [6, 6.07) is 0. The van der Waals surface area contributed by atoms with Crippen LogP contribution in [0, 0.1) is 5.92 Å². The van der Waals surface area contributed by atoms with Crippen LogP contribution in [0.4, 0.5) is 8.78 Å². The Hall–Kier alpha value is -0.180. The van der Waals surface area contributed by atoms with E-state index in [1.54, 1.807) is 6.92 Å². The lowest BCUT2D eigenvalue weighted by atomic mass is 9.93. The Morgan fingerprint density at radius 3 is 2.45 bits per heavy atom. The average Bonchev–Trinajstić information content (AvgIpc) is 1.79. The van der Waals surface area contributed by atoms with E-state index in [1.165, 1.54) is 0 Å². The number of halogens is 2. The number of hydrogen-bond acceptors (Lipinski definition) is 1. The van der Waals surface area contributed by atoms with Crippen molar-refractivity contribution in [2.45, 2.75) is 32.1 Å². The highest BCUT2D eigenvalue weighted by Gasteiger charge is 2.33. The van der Waals surface area contributed by atoms with E-state index >= 15 is 0 Å². The van der Waals surface area contributed by atoms with Gasteiger partial charge in [-0.1, -0.05) is 13.3 Å². The van der Waals surface area contributed by atoms with Crippen molar-refractivity contribution in [2.75, 3.05) is 13.1 Å². The molecule has 1 heterocycles. The lowest BCUT2D eigenvalue weighted by Gasteiger charge is -2.30. The van der Waals surface area contributed by atoms with Crippen molar-refractivity contribution < 1.29 is 8.78 Å². The van der Waals surface area contributed by atoms with Crippen molar-refractivity contribution in [1.82, 2.24) is 5.32 Å². The Morgan fingerprint density at radius 1 is 1.45 bits per heavy atom. The van der Waals surface area contributed by atoms with Gasteiger partial charge < -0.3 is 5.32 Å². The second kappa shape index (κ2) is 3.48. The van der Waals surface area contributed by atoms with E-state index < -0.39 is 5.92 Å². The maximum absolute atomic E-state index is 12.9. The molecular weight excluding hydrogens is 148 g/mol. The Balaban J connectivity index is 2.20. The van der Waals surface area contributed by atoms with Gasteiger partial charge in [-0.3, -0.25) is 0 Å². The van der Waals surface area contributed by atoms with Gasteiger partial charge in [0.1, 0.15) is 0 Å². The van der Waals surface area contributed by atoms with Crippen LogP contribution in [0.25, 0.3) is 0 Å². The van der Waals surface area contributed by atoms with E-state index in [0.717, 1.165) is 13.1 Å². The van der Waals surface area contributed by atoms with Crippen molar-refractivity contribution in [3.63, 3.8) is 0 Å². The molecule has 1 aliphatic rings. The molecule has 1 saturated heterocycles. The summed E-state index contributed by atoms with van der Waals surface area (Å²) < 4.78 is 25.7. The van der Waals surface area contributed by atoms with Gasteiger partial charge in [0.05, 0.1) is 0 Å². The Morgan fingerprint density at radius 2 is 2.09 bits per heavy atom. The lowest BCUT2D eigenvalue weighted by Crippen LogP contribution is -2.44. The SMILES string of the molecule is CCCC(F)(F)CC1CNC1. The molecule has 0 aromatic rings. The molecule has 0 spiro atoms. The molecule has 3 heteroatoms. The highest BCUT2D eigenvalue weighted by molar-refractivity contribution is 4.80. The van der Waals surface area contributed by atoms with Crippen molar-refractivity contribution in [2.24, 2.45) is 5.92 Å². The molecule has 1 N–H and O–H groups in total. The molecule has 0 amide bonds. The fourth-order valence-corrected chi connectivity index (χ4v) is 1.38. The Labute approximate surface area is 66.2 Å². The third kappa shape index (κ3) is 2.73. The predicted molar refractivity (Wildman–Crippen MR) is 40.8 cm³/mol. The number of hydrogen-bond donors (Lipinski definition) is 1. The minimum absolute atomic E-state index is 0.0451. The van der Waals surface area contributed by atoms with E-state index in [9.17, 15) is 8.78 Å². The van der Waals surface area contributed by atoms with E-state index in [4.69, 9.17) is 0 Å². The van der Waals surface area contributed by atoms with Crippen molar-refractivity contribution >= 4 is 0 Å². The van der Waals surface area contributed by atoms with Crippen LogP contribution in [-0.2, 0) is 0 Å². The van der Waals surface area contributed by atoms with Gasteiger partial charge in [-0.05, 0) is 19.0 Å². The van der Waals surface area contributed by atoms with E-state index in [0.29, 0.717) is 6.42 Å². The van der Waals surface area contributed by atoms with Crippen LogP contribution in [-0.4, -0.2) is 19.0 Å². The topological polar surface area (TPSA) is 12.0 Å². The molecule has 1 fully saturated rings.